The first-order chi connectivity index (χ1) is 5.58. The van der Waals surface area contributed by atoms with Crippen LogP contribution in [0.4, 0.5) is 0 Å². The molecule has 0 aromatic heterocycles. The number of ether oxygens (including phenoxy) is 1. The smallest absolute Gasteiger partial charge is 0.331 e. The van der Waals surface area contributed by atoms with Crippen LogP contribution in [0, 0.1) is 0 Å². The minimum absolute atomic E-state index is 0.0118. The predicted molar refractivity (Wildman–Crippen MR) is 43.6 cm³/mol. The van der Waals surface area contributed by atoms with Crippen LogP contribution in [0.2, 0.25) is 0 Å². The molecule has 1 fully saturated rings. The summed E-state index contributed by atoms with van der Waals surface area (Å²) >= 11 is 0. The molecule has 66 valence electrons. The zero-order chi connectivity index (χ0) is 9.19. The summed E-state index contributed by atoms with van der Waals surface area (Å²) in [5, 5.41) is 0. The third-order valence-electron chi connectivity index (χ3n) is 2.14. The maximum absolute atomic E-state index is 11.2. The van der Waals surface area contributed by atoms with Gasteiger partial charge in [0, 0.05) is 12.5 Å². The minimum atomic E-state index is -0.884. The highest BCUT2D eigenvalue weighted by Crippen LogP contribution is 2.29. The van der Waals surface area contributed by atoms with Crippen LogP contribution in [-0.2, 0) is 14.3 Å². The van der Waals surface area contributed by atoms with Crippen LogP contribution in [0.1, 0.15) is 26.2 Å². The topological polar surface area (TPSA) is 43.4 Å². The molecule has 0 aromatic carbocycles. The fourth-order valence-corrected chi connectivity index (χ4v) is 1.36. The maximum Gasteiger partial charge on any atom is 0.331 e. The molecule has 1 aliphatic rings. The molecule has 0 heterocycles. The Morgan fingerprint density at radius 1 is 1.75 bits per heavy atom. The first-order valence-corrected chi connectivity index (χ1v) is 3.97. The largest absolute Gasteiger partial charge is 0.448 e. The van der Waals surface area contributed by atoms with E-state index in [1.807, 2.05) is 0 Å². The molecule has 1 aliphatic carbocycles. The van der Waals surface area contributed by atoms with Crippen LogP contribution < -0.4 is 0 Å². The molecule has 0 aromatic rings. The van der Waals surface area contributed by atoms with Gasteiger partial charge >= 0.3 is 5.97 Å². The average Bonchev–Trinajstić information content (AvgIpc) is 2.32. The monoisotopic (exact) mass is 168 g/mol. The van der Waals surface area contributed by atoms with Gasteiger partial charge in [0.2, 0.25) is 0 Å². The SMILES string of the molecule is C=CC(=O)OC1(C)CCCC1=O. The van der Waals surface area contributed by atoms with Gasteiger partial charge in [-0.1, -0.05) is 6.58 Å². The summed E-state index contributed by atoms with van der Waals surface area (Å²) in [7, 11) is 0. The number of carbonyl (C=O) groups is 2. The normalized spacial score (nSPS) is 28.6. The molecular formula is C9H12O3. The average molecular weight is 168 g/mol. The zero-order valence-electron chi connectivity index (χ0n) is 7.13. The van der Waals surface area contributed by atoms with Gasteiger partial charge in [-0.25, -0.2) is 4.79 Å². The van der Waals surface area contributed by atoms with Crippen LogP contribution >= 0.6 is 0 Å². The Hall–Kier alpha value is -1.12. The lowest BCUT2D eigenvalue weighted by Crippen LogP contribution is -2.35. The highest BCUT2D eigenvalue weighted by Gasteiger charge is 2.40. The molecule has 0 radical (unpaired) electrons. The molecule has 0 amide bonds. The van der Waals surface area contributed by atoms with Crippen LogP contribution in [0.15, 0.2) is 12.7 Å². The van der Waals surface area contributed by atoms with Crippen molar-refractivity contribution in [3.05, 3.63) is 12.7 Å². The van der Waals surface area contributed by atoms with Crippen LogP contribution in [0.3, 0.4) is 0 Å². The number of rotatable bonds is 2. The summed E-state index contributed by atoms with van der Waals surface area (Å²) < 4.78 is 4.95. The Labute approximate surface area is 71.4 Å². The van der Waals surface area contributed by atoms with Crippen molar-refractivity contribution in [3.63, 3.8) is 0 Å². The van der Waals surface area contributed by atoms with E-state index in [2.05, 4.69) is 6.58 Å². The first-order valence-electron chi connectivity index (χ1n) is 3.97. The van der Waals surface area contributed by atoms with Gasteiger partial charge in [-0.3, -0.25) is 4.79 Å². The molecule has 1 atom stereocenters. The van der Waals surface area contributed by atoms with E-state index < -0.39 is 11.6 Å². The van der Waals surface area contributed by atoms with Gasteiger partial charge in [-0.2, -0.15) is 0 Å². The van der Waals surface area contributed by atoms with E-state index >= 15 is 0 Å². The standard InChI is InChI=1S/C9H12O3/c1-3-8(11)12-9(2)6-4-5-7(9)10/h3H,1,4-6H2,2H3. The summed E-state index contributed by atoms with van der Waals surface area (Å²) in [5.41, 5.74) is -0.884. The molecule has 0 saturated heterocycles. The maximum atomic E-state index is 11.2. The molecule has 3 heteroatoms. The van der Waals surface area contributed by atoms with Gasteiger partial charge < -0.3 is 4.74 Å². The van der Waals surface area contributed by atoms with Gasteiger partial charge in [0.25, 0.3) is 0 Å². The van der Waals surface area contributed by atoms with Gasteiger partial charge in [0.05, 0.1) is 0 Å². The van der Waals surface area contributed by atoms with Gasteiger partial charge in [-0.15, -0.1) is 0 Å². The van der Waals surface area contributed by atoms with Crippen molar-refractivity contribution in [2.45, 2.75) is 31.8 Å². The van der Waals surface area contributed by atoms with Gasteiger partial charge in [0.15, 0.2) is 11.4 Å². The first kappa shape index (κ1) is 8.97. The Bertz CT molecular complexity index is 232. The Morgan fingerprint density at radius 2 is 2.42 bits per heavy atom. The van der Waals surface area contributed by atoms with E-state index in [9.17, 15) is 9.59 Å². The summed E-state index contributed by atoms with van der Waals surface area (Å²) in [6.45, 7) is 4.93. The Kier molecular flexibility index (Phi) is 2.31. The zero-order valence-corrected chi connectivity index (χ0v) is 7.13. The summed E-state index contributed by atoms with van der Waals surface area (Å²) in [4.78, 5) is 22.1. The second-order valence-electron chi connectivity index (χ2n) is 3.13. The second-order valence-corrected chi connectivity index (χ2v) is 3.13. The molecule has 1 rings (SSSR count). The van der Waals surface area contributed by atoms with Crippen LogP contribution in [-0.4, -0.2) is 17.4 Å². The third kappa shape index (κ3) is 1.55. The Balaban J connectivity index is 2.65. The van der Waals surface area contributed by atoms with Crippen LogP contribution in [0.25, 0.3) is 0 Å². The van der Waals surface area contributed by atoms with E-state index in [1.54, 1.807) is 6.92 Å². The van der Waals surface area contributed by atoms with Crippen molar-refractivity contribution in [2.24, 2.45) is 0 Å². The van der Waals surface area contributed by atoms with Crippen molar-refractivity contribution in [1.82, 2.24) is 0 Å². The molecule has 1 unspecified atom stereocenters. The quantitative estimate of drug-likeness (QED) is 0.460. The fraction of sp³-hybridized carbons (Fsp3) is 0.556. The van der Waals surface area contributed by atoms with Gasteiger partial charge in [0.1, 0.15) is 0 Å². The number of hydrogen-bond donors (Lipinski definition) is 0. The Morgan fingerprint density at radius 3 is 2.83 bits per heavy atom. The molecule has 0 N–H and O–H groups in total. The summed E-state index contributed by atoms with van der Waals surface area (Å²) in [5.74, 6) is -0.509. The number of ketones is 1. The van der Waals surface area contributed by atoms with E-state index in [0.29, 0.717) is 12.8 Å². The van der Waals surface area contributed by atoms with Crippen molar-refractivity contribution in [3.8, 4) is 0 Å². The molecule has 0 bridgehead atoms. The molecule has 3 nitrogen and oxygen atoms in total. The van der Waals surface area contributed by atoms with Crippen molar-refractivity contribution in [1.29, 1.82) is 0 Å². The molecular weight excluding hydrogens is 156 g/mol. The van der Waals surface area contributed by atoms with Crippen molar-refractivity contribution in [2.75, 3.05) is 0 Å². The van der Waals surface area contributed by atoms with E-state index in [0.717, 1.165) is 12.5 Å². The number of carbonyl (C=O) groups excluding carboxylic acids is 2. The predicted octanol–water partition coefficient (Wildman–Crippen LogP) is 1.23. The fourth-order valence-electron chi connectivity index (χ4n) is 1.36. The lowest BCUT2D eigenvalue weighted by Gasteiger charge is -2.21. The van der Waals surface area contributed by atoms with E-state index in [-0.39, 0.29) is 5.78 Å². The highest BCUT2D eigenvalue weighted by atomic mass is 16.6. The second kappa shape index (κ2) is 3.09. The number of hydrogen-bond acceptors (Lipinski definition) is 3. The lowest BCUT2D eigenvalue weighted by molar-refractivity contribution is -0.158. The summed E-state index contributed by atoms with van der Waals surface area (Å²) in [6.07, 6.45) is 3.03. The van der Waals surface area contributed by atoms with E-state index in [1.165, 1.54) is 0 Å². The van der Waals surface area contributed by atoms with E-state index in [4.69, 9.17) is 4.74 Å². The van der Waals surface area contributed by atoms with Crippen molar-refractivity contribution < 1.29 is 14.3 Å². The third-order valence-corrected chi connectivity index (χ3v) is 2.14. The lowest BCUT2D eigenvalue weighted by atomic mass is 10.0. The van der Waals surface area contributed by atoms with Crippen LogP contribution in [0.5, 0.6) is 0 Å². The highest BCUT2D eigenvalue weighted by molar-refractivity contribution is 5.92. The number of esters is 1. The number of Topliss-reactive ketones (excluding diaryl/α,β-unsaturated/α-hetero) is 1. The van der Waals surface area contributed by atoms with Crippen molar-refractivity contribution >= 4 is 11.8 Å². The molecule has 1 saturated carbocycles. The molecule has 0 spiro atoms. The summed E-state index contributed by atoms with van der Waals surface area (Å²) in [6, 6.07) is 0. The molecule has 12 heavy (non-hydrogen) atoms. The van der Waals surface area contributed by atoms with Gasteiger partial charge in [-0.05, 0) is 19.8 Å². The molecule has 0 aliphatic heterocycles. The minimum Gasteiger partial charge on any atom is -0.448 e.